The Morgan fingerprint density at radius 2 is 1.31 bits per heavy atom. The Morgan fingerprint density at radius 3 is 1.71 bits per heavy atom. The molecule has 3 aromatic rings. The molecular weight excluding hydrogens is 488 g/mol. The maximum atomic E-state index is 10.6. The van der Waals surface area contributed by atoms with Crippen molar-refractivity contribution in [2.24, 2.45) is 9.98 Å². The summed E-state index contributed by atoms with van der Waals surface area (Å²) in [7, 11) is 1.88. The first-order chi connectivity index (χ1) is 16.2. The molecule has 4 N–H and O–H groups in total. The summed E-state index contributed by atoms with van der Waals surface area (Å²) >= 11 is 0. The summed E-state index contributed by atoms with van der Waals surface area (Å²) in [5.74, 6) is -5.30. The molecule has 0 aliphatic carbocycles. The molecule has 0 amide bonds. The molecule has 0 bridgehead atoms. The number of aliphatic carboxylic acids is 2. The summed E-state index contributed by atoms with van der Waals surface area (Å²) in [5, 5.41) is 19.3. The average molecular weight is 505 g/mol. The van der Waals surface area contributed by atoms with Crippen molar-refractivity contribution in [3.63, 3.8) is 0 Å². The van der Waals surface area contributed by atoms with Gasteiger partial charge in [-0.3, -0.25) is 5.32 Å². The van der Waals surface area contributed by atoms with Crippen LogP contribution in [0.4, 0.5) is 26.3 Å². The number of hydrogen-bond acceptors (Lipinski definition) is 6. The second-order valence-electron chi connectivity index (χ2n) is 6.76. The molecule has 0 spiro atoms. The van der Waals surface area contributed by atoms with Crippen LogP contribution in [-0.2, 0) is 16.0 Å². The van der Waals surface area contributed by atoms with Gasteiger partial charge in [-0.2, -0.15) is 26.3 Å². The number of carbonyl (C=O) groups is 2. The van der Waals surface area contributed by atoms with Crippen LogP contribution >= 0.6 is 0 Å². The van der Waals surface area contributed by atoms with Crippen LogP contribution in [0.15, 0.2) is 58.5 Å². The number of imidazole rings is 1. The van der Waals surface area contributed by atoms with Gasteiger partial charge in [0.15, 0.2) is 0 Å². The van der Waals surface area contributed by atoms with Gasteiger partial charge in [-0.1, -0.05) is 24.3 Å². The SMILES string of the molecule is CNC1(Cc2nc3ccccc3[nH]2)N=c2ccccc2=N1.O=C(O)C(F)(F)F.O=C(O)C(F)(F)F. The molecule has 0 radical (unpaired) electrons. The Hall–Kier alpha value is -4.01. The van der Waals surface area contributed by atoms with Crippen LogP contribution in [-0.4, -0.2) is 57.3 Å². The molecule has 15 heteroatoms. The predicted octanol–water partition coefficient (Wildman–Crippen LogP) is 2.20. The van der Waals surface area contributed by atoms with Crippen LogP contribution in [0, 0.1) is 0 Å². The molecule has 0 saturated carbocycles. The molecule has 4 rings (SSSR count). The van der Waals surface area contributed by atoms with E-state index in [-0.39, 0.29) is 0 Å². The monoisotopic (exact) mass is 505 g/mol. The van der Waals surface area contributed by atoms with E-state index in [0.29, 0.717) is 6.42 Å². The summed E-state index contributed by atoms with van der Waals surface area (Å²) in [6.07, 6.45) is -9.58. The number of rotatable bonds is 3. The number of alkyl halides is 6. The number of aromatic amines is 1. The Bertz CT molecular complexity index is 1230. The lowest BCUT2D eigenvalue weighted by atomic mass is 10.2. The topological polar surface area (TPSA) is 140 Å². The largest absolute Gasteiger partial charge is 0.490 e. The summed E-state index contributed by atoms with van der Waals surface area (Å²) in [5.41, 5.74) is 2.00. The van der Waals surface area contributed by atoms with Crippen LogP contribution in [0.1, 0.15) is 5.82 Å². The third-order valence-electron chi connectivity index (χ3n) is 4.23. The van der Waals surface area contributed by atoms with Crippen molar-refractivity contribution in [3.05, 3.63) is 65.1 Å². The van der Waals surface area contributed by atoms with Gasteiger partial charge in [0.1, 0.15) is 5.82 Å². The van der Waals surface area contributed by atoms with Gasteiger partial charge in [-0.15, -0.1) is 0 Å². The Balaban J connectivity index is 0.000000257. The smallest absolute Gasteiger partial charge is 0.475 e. The highest BCUT2D eigenvalue weighted by atomic mass is 19.4. The molecule has 2 heterocycles. The minimum Gasteiger partial charge on any atom is -0.475 e. The molecule has 1 aromatic heterocycles. The summed E-state index contributed by atoms with van der Waals surface area (Å²) < 4.78 is 63.5. The summed E-state index contributed by atoms with van der Waals surface area (Å²) in [4.78, 5) is 35.2. The van der Waals surface area contributed by atoms with E-state index in [1.165, 1.54) is 0 Å². The maximum absolute atomic E-state index is 10.6. The number of benzene rings is 2. The normalized spacial score (nSPS) is 13.8. The average Bonchev–Trinajstić information content (AvgIpc) is 3.33. The molecule has 1 aliphatic rings. The standard InChI is InChI=1S/C16H15N5.2C2HF3O2/c1-17-16(20-13-8-4-5-9-14(13)21-16)10-15-18-11-6-2-3-7-12(11)19-15;2*3-2(4,5)1(6)7/h2-9,17H,10H2,1H3,(H,18,19);2*(H,6,7). The quantitative estimate of drug-likeness (QED) is 0.403. The van der Waals surface area contributed by atoms with E-state index in [0.717, 1.165) is 27.6 Å². The van der Waals surface area contributed by atoms with E-state index < -0.39 is 30.1 Å². The zero-order chi connectivity index (χ0) is 26.4. The second-order valence-corrected chi connectivity index (χ2v) is 6.76. The molecule has 0 fully saturated rings. The maximum Gasteiger partial charge on any atom is 0.490 e. The minimum absolute atomic E-state index is 0.590. The highest BCUT2D eigenvalue weighted by molar-refractivity contribution is 5.75. The molecule has 188 valence electrons. The number of likely N-dealkylation sites (N-methyl/N-ethyl adjacent to an activating group) is 1. The summed E-state index contributed by atoms with van der Waals surface area (Å²) in [6.45, 7) is 0. The van der Waals surface area contributed by atoms with Crippen molar-refractivity contribution < 1.29 is 46.1 Å². The second kappa shape index (κ2) is 10.5. The number of fused-ring (bicyclic) bond motifs is 2. The van der Waals surface area contributed by atoms with Crippen LogP contribution in [0.5, 0.6) is 0 Å². The number of nitrogens with one attached hydrogen (secondary N) is 2. The highest BCUT2D eigenvalue weighted by Crippen LogP contribution is 2.18. The highest BCUT2D eigenvalue weighted by Gasteiger charge is 2.39. The fourth-order valence-corrected chi connectivity index (χ4v) is 2.68. The zero-order valence-electron chi connectivity index (χ0n) is 17.6. The van der Waals surface area contributed by atoms with Gasteiger partial charge in [0.2, 0.25) is 5.79 Å². The van der Waals surface area contributed by atoms with E-state index >= 15 is 0 Å². The third-order valence-corrected chi connectivity index (χ3v) is 4.23. The first kappa shape index (κ1) is 27.2. The van der Waals surface area contributed by atoms with Crippen LogP contribution < -0.4 is 16.0 Å². The van der Waals surface area contributed by atoms with Gasteiger partial charge in [0.05, 0.1) is 28.2 Å². The predicted molar refractivity (Wildman–Crippen MR) is 108 cm³/mol. The number of carboxylic acid groups (broad SMARTS) is 2. The molecule has 0 saturated heterocycles. The van der Waals surface area contributed by atoms with Crippen molar-refractivity contribution in [2.45, 2.75) is 24.6 Å². The number of hydrogen-bond donors (Lipinski definition) is 4. The van der Waals surface area contributed by atoms with Gasteiger partial charge in [0, 0.05) is 0 Å². The van der Waals surface area contributed by atoms with Crippen molar-refractivity contribution >= 4 is 23.0 Å². The van der Waals surface area contributed by atoms with Gasteiger partial charge in [-0.25, -0.2) is 24.6 Å². The first-order valence-electron chi connectivity index (χ1n) is 9.44. The van der Waals surface area contributed by atoms with E-state index in [2.05, 4.69) is 15.3 Å². The zero-order valence-corrected chi connectivity index (χ0v) is 17.6. The molecule has 0 unspecified atom stereocenters. The summed E-state index contributed by atoms with van der Waals surface area (Å²) in [6, 6.07) is 15.9. The van der Waals surface area contributed by atoms with Gasteiger partial charge >= 0.3 is 24.3 Å². The Labute approximate surface area is 191 Å². The number of aromatic nitrogens is 2. The number of nitrogens with zero attached hydrogens (tertiary/aromatic N) is 3. The molecule has 35 heavy (non-hydrogen) atoms. The van der Waals surface area contributed by atoms with E-state index in [1.54, 1.807) is 0 Å². The van der Waals surface area contributed by atoms with E-state index in [4.69, 9.17) is 29.8 Å². The molecule has 2 aromatic carbocycles. The lowest BCUT2D eigenvalue weighted by molar-refractivity contribution is -0.193. The Kier molecular flexibility index (Phi) is 8.17. The van der Waals surface area contributed by atoms with Gasteiger partial charge < -0.3 is 15.2 Å². The van der Waals surface area contributed by atoms with Gasteiger partial charge in [-0.05, 0) is 31.3 Å². The number of H-pyrrole nitrogens is 1. The molecular formula is C20H17F6N5O4. The van der Waals surface area contributed by atoms with E-state index in [1.807, 2.05) is 55.6 Å². The van der Waals surface area contributed by atoms with Gasteiger partial charge in [0.25, 0.3) is 0 Å². The van der Waals surface area contributed by atoms with Crippen molar-refractivity contribution in [1.29, 1.82) is 0 Å². The lowest BCUT2D eigenvalue weighted by Gasteiger charge is -2.20. The number of para-hydroxylation sites is 4. The van der Waals surface area contributed by atoms with Crippen LogP contribution in [0.25, 0.3) is 11.0 Å². The molecule has 1 aliphatic heterocycles. The molecule has 9 nitrogen and oxygen atoms in total. The first-order valence-corrected chi connectivity index (χ1v) is 9.44. The van der Waals surface area contributed by atoms with Crippen molar-refractivity contribution in [2.75, 3.05) is 7.05 Å². The fraction of sp³-hybridized carbons (Fsp3) is 0.250. The van der Waals surface area contributed by atoms with Crippen LogP contribution in [0.2, 0.25) is 0 Å². The number of halogens is 6. The fourth-order valence-electron chi connectivity index (χ4n) is 2.68. The third kappa shape index (κ3) is 7.49. The van der Waals surface area contributed by atoms with E-state index in [9.17, 15) is 26.3 Å². The van der Waals surface area contributed by atoms with Crippen molar-refractivity contribution in [3.8, 4) is 0 Å². The molecule has 0 atom stereocenters. The lowest BCUT2D eigenvalue weighted by Crippen LogP contribution is -2.41. The minimum atomic E-state index is -5.08. The van der Waals surface area contributed by atoms with Crippen molar-refractivity contribution in [1.82, 2.24) is 15.3 Å². The Morgan fingerprint density at radius 1 is 0.886 bits per heavy atom. The number of carboxylic acids is 2. The van der Waals surface area contributed by atoms with Crippen LogP contribution in [0.3, 0.4) is 0 Å².